The normalized spacial score (nSPS) is 15.5. The standard InChI is InChI=1S/C14H16BrNO3/c1-7(2)8(3)14(18)9-4-12-11(5-10(9)15)16-13(17)6-19-12/h4-5,7-8H,6H2,1-3H3,(H,16,17). The van der Waals surface area contributed by atoms with Crippen molar-refractivity contribution in [2.24, 2.45) is 11.8 Å². The van der Waals surface area contributed by atoms with Gasteiger partial charge in [0.1, 0.15) is 5.75 Å². The van der Waals surface area contributed by atoms with Crippen LogP contribution in [0, 0.1) is 11.8 Å². The highest BCUT2D eigenvalue weighted by Gasteiger charge is 2.24. The van der Waals surface area contributed by atoms with Gasteiger partial charge in [-0.3, -0.25) is 9.59 Å². The number of ether oxygens (including phenoxy) is 1. The van der Waals surface area contributed by atoms with Crippen molar-refractivity contribution in [2.45, 2.75) is 20.8 Å². The van der Waals surface area contributed by atoms with Crippen molar-refractivity contribution in [3.8, 4) is 5.75 Å². The van der Waals surface area contributed by atoms with E-state index >= 15 is 0 Å². The van der Waals surface area contributed by atoms with Gasteiger partial charge in [0.05, 0.1) is 5.69 Å². The van der Waals surface area contributed by atoms with E-state index in [2.05, 4.69) is 21.2 Å². The number of halogens is 1. The average Bonchev–Trinajstić information content (AvgIpc) is 2.36. The first-order valence-electron chi connectivity index (χ1n) is 6.20. The van der Waals surface area contributed by atoms with E-state index in [1.807, 2.05) is 20.8 Å². The second-order valence-corrected chi connectivity index (χ2v) is 5.92. The van der Waals surface area contributed by atoms with Gasteiger partial charge in [-0.25, -0.2) is 0 Å². The second-order valence-electron chi connectivity index (χ2n) is 5.06. The number of benzene rings is 1. The molecule has 2 rings (SSSR count). The Morgan fingerprint density at radius 2 is 2.05 bits per heavy atom. The van der Waals surface area contributed by atoms with Crippen LogP contribution in [-0.4, -0.2) is 18.3 Å². The Morgan fingerprint density at radius 3 is 2.68 bits per heavy atom. The maximum Gasteiger partial charge on any atom is 0.262 e. The number of carbonyl (C=O) groups is 2. The van der Waals surface area contributed by atoms with Gasteiger partial charge in [0.2, 0.25) is 0 Å². The predicted molar refractivity (Wildman–Crippen MR) is 76.6 cm³/mol. The lowest BCUT2D eigenvalue weighted by molar-refractivity contribution is -0.118. The number of fused-ring (bicyclic) bond motifs is 1. The molecular weight excluding hydrogens is 310 g/mol. The first-order chi connectivity index (χ1) is 8.90. The molecule has 0 fully saturated rings. The first kappa shape index (κ1) is 14.1. The Morgan fingerprint density at radius 1 is 1.37 bits per heavy atom. The maximum absolute atomic E-state index is 12.4. The lowest BCUT2D eigenvalue weighted by Crippen LogP contribution is -2.26. The number of anilines is 1. The zero-order valence-electron chi connectivity index (χ0n) is 11.1. The minimum atomic E-state index is -0.186. The van der Waals surface area contributed by atoms with Crippen LogP contribution in [-0.2, 0) is 4.79 Å². The van der Waals surface area contributed by atoms with E-state index in [1.54, 1.807) is 12.1 Å². The molecule has 1 N–H and O–H groups in total. The molecule has 1 aromatic rings. The Kier molecular flexibility index (Phi) is 3.94. The van der Waals surface area contributed by atoms with Crippen LogP contribution in [0.5, 0.6) is 5.75 Å². The molecule has 0 bridgehead atoms. The number of hydrogen-bond donors (Lipinski definition) is 1. The lowest BCUT2D eigenvalue weighted by Gasteiger charge is -2.21. The Bertz CT molecular complexity index is 540. The third-order valence-corrected chi connectivity index (χ3v) is 4.04. The van der Waals surface area contributed by atoms with Crippen LogP contribution >= 0.6 is 15.9 Å². The predicted octanol–water partition coefficient (Wildman–Crippen LogP) is 3.25. The van der Waals surface area contributed by atoms with E-state index in [1.165, 1.54) is 0 Å². The smallest absolute Gasteiger partial charge is 0.262 e. The van der Waals surface area contributed by atoms with Gasteiger partial charge in [-0.1, -0.05) is 20.8 Å². The fraction of sp³-hybridized carbons (Fsp3) is 0.429. The molecule has 1 heterocycles. The van der Waals surface area contributed by atoms with E-state index < -0.39 is 0 Å². The van der Waals surface area contributed by atoms with E-state index in [0.29, 0.717) is 21.5 Å². The quantitative estimate of drug-likeness (QED) is 0.868. The number of Topliss-reactive ketones (excluding diaryl/α,β-unsaturated/α-hetero) is 1. The Balaban J connectivity index is 2.38. The fourth-order valence-corrected chi connectivity index (χ4v) is 2.38. The monoisotopic (exact) mass is 325 g/mol. The summed E-state index contributed by atoms with van der Waals surface area (Å²) in [5.74, 6) is 0.643. The Hall–Kier alpha value is -1.36. The number of amides is 1. The summed E-state index contributed by atoms with van der Waals surface area (Å²) in [5, 5.41) is 2.71. The molecule has 19 heavy (non-hydrogen) atoms. The van der Waals surface area contributed by atoms with E-state index in [4.69, 9.17) is 4.74 Å². The zero-order chi connectivity index (χ0) is 14.2. The molecule has 1 aliphatic heterocycles. The number of carbonyl (C=O) groups excluding carboxylic acids is 2. The van der Waals surface area contributed by atoms with Crippen LogP contribution in [0.4, 0.5) is 5.69 Å². The van der Waals surface area contributed by atoms with Crippen LogP contribution in [0.3, 0.4) is 0 Å². The van der Waals surface area contributed by atoms with Crippen molar-refractivity contribution >= 4 is 33.3 Å². The Labute approximate surface area is 120 Å². The van der Waals surface area contributed by atoms with Crippen LogP contribution < -0.4 is 10.1 Å². The lowest BCUT2D eigenvalue weighted by atomic mass is 9.89. The van der Waals surface area contributed by atoms with Crippen LogP contribution in [0.1, 0.15) is 31.1 Å². The van der Waals surface area contributed by atoms with E-state index in [-0.39, 0.29) is 30.1 Å². The van der Waals surface area contributed by atoms with Crippen LogP contribution in [0.2, 0.25) is 0 Å². The molecule has 0 spiro atoms. The highest BCUT2D eigenvalue weighted by atomic mass is 79.9. The van der Waals surface area contributed by atoms with Crippen molar-refractivity contribution in [1.29, 1.82) is 0 Å². The molecule has 1 aliphatic rings. The van der Waals surface area contributed by atoms with Gasteiger partial charge in [0.25, 0.3) is 5.91 Å². The fourth-order valence-electron chi connectivity index (χ4n) is 1.84. The molecule has 1 atom stereocenters. The zero-order valence-corrected chi connectivity index (χ0v) is 12.7. The van der Waals surface area contributed by atoms with Crippen molar-refractivity contribution in [1.82, 2.24) is 0 Å². The molecule has 102 valence electrons. The maximum atomic E-state index is 12.4. The number of rotatable bonds is 3. The summed E-state index contributed by atoms with van der Waals surface area (Å²) >= 11 is 3.39. The molecule has 0 aromatic heterocycles. The van der Waals surface area contributed by atoms with E-state index in [0.717, 1.165) is 0 Å². The molecule has 0 saturated heterocycles. The van der Waals surface area contributed by atoms with Crippen molar-refractivity contribution in [2.75, 3.05) is 11.9 Å². The van der Waals surface area contributed by atoms with Gasteiger partial charge < -0.3 is 10.1 Å². The summed E-state index contributed by atoms with van der Waals surface area (Å²) in [6, 6.07) is 3.41. The summed E-state index contributed by atoms with van der Waals surface area (Å²) in [6.45, 7) is 5.95. The third-order valence-electron chi connectivity index (χ3n) is 3.38. The van der Waals surface area contributed by atoms with Gasteiger partial charge in [-0.2, -0.15) is 0 Å². The van der Waals surface area contributed by atoms with Gasteiger partial charge in [-0.15, -0.1) is 0 Å². The highest BCUT2D eigenvalue weighted by Crippen LogP contribution is 2.35. The average molecular weight is 326 g/mol. The van der Waals surface area contributed by atoms with Gasteiger partial charge in [0, 0.05) is 16.0 Å². The number of nitrogens with one attached hydrogen (secondary N) is 1. The summed E-state index contributed by atoms with van der Waals surface area (Å²) in [6.07, 6.45) is 0. The molecule has 0 saturated carbocycles. The molecule has 4 nitrogen and oxygen atoms in total. The largest absolute Gasteiger partial charge is 0.482 e. The van der Waals surface area contributed by atoms with Crippen LogP contribution in [0.25, 0.3) is 0 Å². The molecule has 0 radical (unpaired) electrons. The topological polar surface area (TPSA) is 55.4 Å². The van der Waals surface area contributed by atoms with Gasteiger partial charge in [0.15, 0.2) is 12.4 Å². The second kappa shape index (κ2) is 5.33. The SMILES string of the molecule is CC(C)C(C)C(=O)c1cc2c(cc1Br)NC(=O)CO2. The molecule has 1 unspecified atom stereocenters. The number of ketones is 1. The molecule has 1 aromatic carbocycles. The molecule has 5 heteroatoms. The van der Waals surface area contributed by atoms with Crippen molar-refractivity contribution in [3.05, 3.63) is 22.2 Å². The first-order valence-corrected chi connectivity index (χ1v) is 7.00. The minimum absolute atomic E-state index is 0.0119. The molecule has 0 aliphatic carbocycles. The molecular formula is C14H16BrNO3. The highest BCUT2D eigenvalue weighted by molar-refractivity contribution is 9.10. The summed E-state index contributed by atoms with van der Waals surface area (Å²) in [5.41, 5.74) is 1.19. The third kappa shape index (κ3) is 2.81. The minimum Gasteiger partial charge on any atom is -0.482 e. The van der Waals surface area contributed by atoms with Crippen LogP contribution in [0.15, 0.2) is 16.6 Å². The van der Waals surface area contributed by atoms with E-state index in [9.17, 15) is 9.59 Å². The molecule has 1 amide bonds. The summed E-state index contributed by atoms with van der Waals surface area (Å²) in [7, 11) is 0. The van der Waals surface area contributed by atoms with Crippen molar-refractivity contribution in [3.63, 3.8) is 0 Å². The number of hydrogen-bond acceptors (Lipinski definition) is 3. The summed E-state index contributed by atoms with van der Waals surface area (Å²) < 4.78 is 6.01. The van der Waals surface area contributed by atoms with Gasteiger partial charge >= 0.3 is 0 Å². The summed E-state index contributed by atoms with van der Waals surface area (Å²) in [4.78, 5) is 23.6. The van der Waals surface area contributed by atoms with Gasteiger partial charge in [-0.05, 0) is 34.0 Å². The van der Waals surface area contributed by atoms with Crippen molar-refractivity contribution < 1.29 is 14.3 Å².